The van der Waals surface area contributed by atoms with Crippen LogP contribution in [0.25, 0.3) is 0 Å². The molecule has 2 heteroatoms. The van der Waals surface area contributed by atoms with Gasteiger partial charge in [-0.25, -0.2) is 0 Å². The highest BCUT2D eigenvalue weighted by Crippen LogP contribution is 2.55. The first kappa shape index (κ1) is 13.6. The molecule has 4 rings (SSSR count). The third-order valence-corrected chi connectivity index (χ3v) is 11.9. The number of hydrogen-bond acceptors (Lipinski definition) is 0. The summed E-state index contributed by atoms with van der Waals surface area (Å²) < 4.78 is 0. The third kappa shape index (κ3) is 2.18. The van der Waals surface area contributed by atoms with Crippen LogP contribution in [-0.2, 0) is 0 Å². The van der Waals surface area contributed by atoms with E-state index in [2.05, 4.69) is 60.7 Å². The van der Waals surface area contributed by atoms with Crippen LogP contribution in [0.4, 0.5) is 0 Å². The van der Waals surface area contributed by atoms with E-state index in [-0.39, 0.29) is 0 Å². The molecule has 2 saturated carbocycles. The van der Waals surface area contributed by atoms with E-state index in [1.54, 1.807) is 0 Å². The van der Waals surface area contributed by atoms with Crippen LogP contribution in [-0.4, -0.2) is 7.38 Å². The van der Waals surface area contributed by atoms with E-state index in [4.69, 9.17) is 11.1 Å². The summed E-state index contributed by atoms with van der Waals surface area (Å²) in [5.74, 6) is 1.80. The van der Waals surface area contributed by atoms with E-state index in [9.17, 15) is 0 Å². The molecule has 0 radical (unpaired) electrons. The van der Waals surface area contributed by atoms with Gasteiger partial charge in [0.25, 0.3) is 0 Å². The summed E-state index contributed by atoms with van der Waals surface area (Å²) in [5, 5.41) is 2.80. The Morgan fingerprint density at radius 1 is 0.762 bits per heavy atom. The highest BCUT2D eigenvalue weighted by molar-refractivity contribution is 7.34. The lowest BCUT2D eigenvalue weighted by atomic mass is 10.0. The molecule has 0 N–H and O–H groups in total. The van der Waals surface area contributed by atoms with Crippen molar-refractivity contribution in [3.63, 3.8) is 0 Å². The van der Waals surface area contributed by atoms with E-state index >= 15 is 0 Å². The van der Waals surface area contributed by atoms with Crippen LogP contribution < -0.4 is 10.4 Å². The lowest BCUT2D eigenvalue weighted by Gasteiger charge is -2.37. The fourth-order valence-electron chi connectivity index (χ4n) is 4.69. The van der Waals surface area contributed by atoms with Gasteiger partial charge in [0.05, 0.1) is 0 Å². The normalized spacial score (nSPS) is 28.0. The maximum atomic E-state index is 7.53. The monoisotopic (exact) mass is 312 g/mol. The van der Waals surface area contributed by atoms with Crippen molar-refractivity contribution in [2.75, 3.05) is 0 Å². The molecule has 3 unspecified atom stereocenters. The molecule has 2 aromatic rings. The van der Waals surface area contributed by atoms with Gasteiger partial charge in [-0.2, -0.15) is 11.1 Å². The summed E-state index contributed by atoms with van der Waals surface area (Å²) in [6, 6.07) is 21.8. The summed E-state index contributed by atoms with van der Waals surface area (Å²) >= 11 is 7.53. The molecule has 0 nitrogen and oxygen atoms in total. The predicted octanol–water partition coefficient (Wildman–Crippen LogP) is 4.18. The molecule has 21 heavy (non-hydrogen) atoms. The van der Waals surface area contributed by atoms with Gasteiger partial charge in [0.2, 0.25) is 7.38 Å². The van der Waals surface area contributed by atoms with Crippen LogP contribution in [0.3, 0.4) is 0 Å². The summed E-state index contributed by atoms with van der Waals surface area (Å²) in [6.45, 7) is 0. The van der Waals surface area contributed by atoms with Crippen molar-refractivity contribution < 1.29 is 0 Å². The van der Waals surface area contributed by atoms with Gasteiger partial charge in [0, 0.05) is 0 Å². The fourth-order valence-corrected chi connectivity index (χ4v) is 10.4. The van der Waals surface area contributed by atoms with Gasteiger partial charge < -0.3 is 0 Å². The molecule has 0 spiro atoms. The number of rotatable bonds is 3. The third-order valence-electron chi connectivity index (χ3n) is 5.64. The average Bonchev–Trinajstić information content (AvgIpc) is 3.19. The number of benzene rings is 2. The molecule has 2 aliphatic carbocycles. The van der Waals surface area contributed by atoms with Gasteiger partial charge in [0.1, 0.15) is 0 Å². The molecular weight excluding hydrogens is 292 g/mol. The van der Waals surface area contributed by atoms with Crippen molar-refractivity contribution in [2.24, 2.45) is 11.8 Å². The van der Waals surface area contributed by atoms with Crippen LogP contribution in [0, 0.1) is 11.8 Å². The number of hydrogen-bond donors (Lipinski definition) is 0. The Kier molecular flexibility index (Phi) is 3.43. The molecule has 2 bridgehead atoms. The highest BCUT2D eigenvalue weighted by Gasteiger charge is 2.53. The van der Waals surface area contributed by atoms with Crippen LogP contribution in [0.15, 0.2) is 60.7 Å². The fraction of sp³-hybridized carbons (Fsp3) is 0.368. The second-order valence-corrected chi connectivity index (χ2v) is 11.8. The zero-order valence-electron chi connectivity index (χ0n) is 12.2. The van der Waals surface area contributed by atoms with Gasteiger partial charge in [-0.3, -0.25) is 0 Å². The first-order valence-corrected chi connectivity index (χ1v) is 11.2. The van der Waals surface area contributed by atoms with Crippen LogP contribution >= 0.6 is 11.1 Å². The van der Waals surface area contributed by atoms with E-state index < -0.39 is 7.38 Å². The number of halogens is 1. The Hall–Kier alpha value is -1.05. The Labute approximate surface area is 132 Å². The zero-order valence-corrected chi connectivity index (χ0v) is 14.0. The first-order valence-electron chi connectivity index (χ1n) is 8.08. The largest absolute Gasteiger partial charge is 0.220 e. The maximum Gasteiger partial charge on any atom is 0.220 e. The van der Waals surface area contributed by atoms with Crippen molar-refractivity contribution in [1.82, 2.24) is 0 Å². The van der Waals surface area contributed by atoms with Crippen LogP contribution in [0.5, 0.6) is 0 Å². The van der Waals surface area contributed by atoms with Gasteiger partial charge in [-0.05, 0) is 40.6 Å². The van der Waals surface area contributed by atoms with Crippen molar-refractivity contribution >= 4 is 28.8 Å². The van der Waals surface area contributed by atoms with Gasteiger partial charge in [0.15, 0.2) is 0 Å². The topological polar surface area (TPSA) is 0 Å². The molecule has 0 aliphatic heterocycles. The average molecular weight is 313 g/mol. The Bertz CT molecular complexity index is 570. The molecule has 0 amide bonds. The SMILES string of the molecule is Cl[Si](c1ccccc1)(c1ccccc1)C1CC2CCC1C2. The first-order chi connectivity index (χ1) is 10.3. The van der Waals surface area contributed by atoms with E-state index in [1.807, 2.05) is 0 Å². The van der Waals surface area contributed by atoms with E-state index in [0.717, 1.165) is 11.8 Å². The zero-order chi connectivity index (χ0) is 14.3. The molecule has 108 valence electrons. The van der Waals surface area contributed by atoms with Crippen molar-refractivity contribution in [3.05, 3.63) is 60.7 Å². The van der Waals surface area contributed by atoms with Crippen molar-refractivity contribution in [1.29, 1.82) is 0 Å². The summed E-state index contributed by atoms with van der Waals surface area (Å²) in [5.41, 5.74) is 0.711. The minimum atomic E-state index is -2.15. The predicted molar refractivity (Wildman–Crippen MR) is 93.0 cm³/mol. The molecule has 2 aromatic carbocycles. The van der Waals surface area contributed by atoms with Crippen LogP contribution in [0.2, 0.25) is 5.54 Å². The van der Waals surface area contributed by atoms with Crippen molar-refractivity contribution in [3.8, 4) is 0 Å². The Morgan fingerprint density at radius 2 is 1.33 bits per heavy atom. The Balaban J connectivity index is 1.83. The lowest BCUT2D eigenvalue weighted by molar-refractivity contribution is 0.474. The second-order valence-electron chi connectivity index (χ2n) is 6.73. The van der Waals surface area contributed by atoms with Gasteiger partial charge >= 0.3 is 0 Å². The van der Waals surface area contributed by atoms with Crippen LogP contribution in [0.1, 0.15) is 25.7 Å². The van der Waals surface area contributed by atoms with Crippen molar-refractivity contribution in [2.45, 2.75) is 31.2 Å². The lowest BCUT2D eigenvalue weighted by Crippen LogP contribution is -2.58. The summed E-state index contributed by atoms with van der Waals surface area (Å²) in [7, 11) is -2.15. The Morgan fingerprint density at radius 3 is 1.76 bits per heavy atom. The molecule has 0 heterocycles. The molecule has 0 saturated heterocycles. The van der Waals surface area contributed by atoms with Gasteiger partial charge in [-0.1, -0.05) is 73.5 Å². The standard InChI is InChI=1S/C19H21ClSi/c20-21(17-7-3-1-4-8-17,18-9-5-2-6-10-18)19-14-15-11-12-16(19)13-15/h1-10,15-16,19H,11-14H2. The quantitative estimate of drug-likeness (QED) is 0.589. The molecule has 2 fully saturated rings. The molecular formula is C19H21ClSi. The number of fused-ring (bicyclic) bond motifs is 2. The molecule has 3 atom stereocenters. The smallest absolute Gasteiger partial charge is 0.155 e. The minimum Gasteiger partial charge on any atom is -0.155 e. The molecule has 0 aromatic heterocycles. The summed E-state index contributed by atoms with van der Waals surface area (Å²) in [4.78, 5) is 0. The highest BCUT2D eigenvalue weighted by atomic mass is 35.6. The molecule has 2 aliphatic rings. The van der Waals surface area contributed by atoms with E-state index in [1.165, 1.54) is 36.1 Å². The maximum absolute atomic E-state index is 7.53. The van der Waals surface area contributed by atoms with Gasteiger partial charge in [-0.15, -0.1) is 0 Å². The summed E-state index contributed by atoms with van der Waals surface area (Å²) in [6.07, 6.45) is 5.61. The minimum absolute atomic E-state index is 0.711. The van der Waals surface area contributed by atoms with E-state index in [0.29, 0.717) is 5.54 Å². The second kappa shape index (κ2) is 5.30.